The molecule has 0 aliphatic rings. The number of nitrogens with zero attached hydrogens (tertiary/aromatic N) is 1. The molecule has 0 radical (unpaired) electrons. The third-order valence-electron chi connectivity index (χ3n) is 2.99. The van der Waals surface area contributed by atoms with Gasteiger partial charge >= 0.3 is 13.3 Å². The summed E-state index contributed by atoms with van der Waals surface area (Å²) in [7, 11) is -4.64. The first-order valence-corrected chi connectivity index (χ1v) is 9.85. The van der Waals surface area contributed by atoms with Crippen LogP contribution in [-0.4, -0.2) is 13.2 Å². The molecule has 0 amide bonds. The van der Waals surface area contributed by atoms with Crippen LogP contribution in [0, 0.1) is 11.3 Å². The van der Waals surface area contributed by atoms with E-state index in [1.165, 1.54) is 26.0 Å². The second-order valence-corrected chi connectivity index (χ2v) is 8.36. The third kappa shape index (κ3) is 3.21. The van der Waals surface area contributed by atoms with Crippen LogP contribution in [0.4, 0.5) is 8.78 Å². The van der Waals surface area contributed by atoms with Gasteiger partial charge in [-0.25, -0.2) is 0 Å². The van der Waals surface area contributed by atoms with Crippen molar-refractivity contribution in [1.29, 1.82) is 5.26 Å². The Bertz CT molecular complexity index is 808. The Hall–Kier alpha value is -0.840. The van der Waals surface area contributed by atoms with Crippen LogP contribution in [0.3, 0.4) is 0 Å². The minimum absolute atomic E-state index is 0.153. The lowest BCUT2D eigenvalue weighted by Gasteiger charge is -2.24. The molecular formula is C14H13BrF2NO3PS. The van der Waals surface area contributed by atoms with Crippen LogP contribution in [0.15, 0.2) is 22.7 Å². The third-order valence-corrected chi connectivity index (χ3v) is 7.59. The molecule has 9 heteroatoms. The summed E-state index contributed by atoms with van der Waals surface area (Å²) >= 11 is 4.00. The van der Waals surface area contributed by atoms with Crippen molar-refractivity contribution in [2.24, 2.45) is 0 Å². The number of benzene rings is 1. The molecule has 0 saturated carbocycles. The van der Waals surface area contributed by atoms with E-state index in [0.29, 0.717) is 20.1 Å². The van der Waals surface area contributed by atoms with Crippen LogP contribution in [0.2, 0.25) is 0 Å². The summed E-state index contributed by atoms with van der Waals surface area (Å²) in [6, 6.07) is 6.32. The van der Waals surface area contributed by atoms with Crippen molar-refractivity contribution < 1.29 is 22.4 Å². The summed E-state index contributed by atoms with van der Waals surface area (Å²) in [6.45, 7) is 2.64. The van der Waals surface area contributed by atoms with Crippen molar-refractivity contribution in [1.82, 2.24) is 0 Å². The monoisotopic (exact) mass is 423 g/mol. The normalized spacial score (nSPS) is 12.5. The van der Waals surface area contributed by atoms with Gasteiger partial charge in [-0.05, 0) is 47.3 Å². The minimum atomic E-state index is -4.64. The van der Waals surface area contributed by atoms with Crippen LogP contribution < -0.4 is 0 Å². The number of nitriles is 1. The fraction of sp³-hybridized carbons (Fsp3) is 0.357. The molecule has 0 aliphatic carbocycles. The van der Waals surface area contributed by atoms with Crippen molar-refractivity contribution in [3.8, 4) is 6.07 Å². The predicted molar refractivity (Wildman–Crippen MR) is 89.0 cm³/mol. The topological polar surface area (TPSA) is 59.3 Å². The van der Waals surface area contributed by atoms with E-state index >= 15 is 0 Å². The van der Waals surface area contributed by atoms with E-state index in [1.54, 1.807) is 6.07 Å². The van der Waals surface area contributed by atoms with E-state index in [0.717, 1.165) is 11.3 Å². The second kappa shape index (κ2) is 6.96. The molecule has 0 aliphatic heterocycles. The summed E-state index contributed by atoms with van der Waals surface area (Å²) in [4.78, 5) is -0.423. The SMILES string of the molecule is CCOP(=O)(OCC)C(F)(F)c1cc2ccc(C#N)c(Br)c2s1. The van der Waals surface area contributed by atoms with Crippen molar-refractivity contribution >= 4 is 44.9 Å². The molecule has 1 aromatic carbocycles. The van der Waals surface area contributed by atoms with Crippen molar-refractivity contribution in [3.05, 3.63) is 33.1 Å². The first kappa shape index (κ1) is 18.5. The second-order valence-electron chi connectivity index (χ2n) is 4.44. The lowest BCUT2D eigenvalue weighted by atomic mass is 10.2. The van der Waals surface area contributed by atoms with E-state index in [1.807, 2.05) is 6.07 Å². The highest BCUT2D eigenvalue weighted by molar-refractivity contribution is 9.10. The summed E-state index contributed by atoms with van der Waals surface area (Å²) < 4.78 is 52.5. The number of thiophene rings is 1. The van der Waals surface area contributed by atoms with E-state index in [-0.39, 0.29) is 13.2 Å². The van der Waals surface area contributed by atoms with Gasteiger partial charge in [0.05, 0.1) is 32.8 Å². The molecule has 2 aromatic rings. The average molecular weight is 424 g/mol. The fourth-order valence-electron chi connectivity index (χ4n) is 1.98. The van der Waals surface area contributed by atoms with Gasteiger partial charge in [0.25, 0.3) is 0 Å². The molecule has 0 fully saturated rings. The Morgan fingerprint density at radius 3 is 2.48 bits per heavy atom. The largest absolute Gasteiger partial charge is 0.405 e. The first-order valence-electron chi connectivity index (χ1n) is 6.70. The molecule has 0 saturated heterocycles. The smallest absolute Gasteiger partial charge is 0.304 e. The molecule has 0 spiro atoms. The molecule has 0 bridgehead atoms. The molecule has 1 aromatic heterocycles. The Labute approximate surface area is 144 Å². The van der Waals surface area contributed by atoms with E-state index in [2.05, 4.69) is 15.9 Å². The maximum Gasteiger partial charge on any atom is 0.405 e. The van der Waals surface area contributed by atoms with Gasteiger partial charge in [0.1, 0.15) is 6.07 Å². The maximum atomic E-state index is 14.7. The lowest BCUT2D eigenvalue weighted by molar-refractivity contribution is 0.0392. The van der Waals surface area contributed by atoms with Gasteiger partial charge in [-0.2, -0.15) is 14.0 Å². The standard InChI is InChI=1S/C14H13BrF2NO3PS/c1-3-20-22(19,21-4-2)14(16,17)11-7-9-5-6-10(8-18)12(15)13(9)23-11/h5-7H,3-4H2,1-2H3. The molecular weight excluding hydrogens is 411 g/mol. The summed E-state index contributed by atoms with van der Waals surface area (Å²) in [5.74, 6) is 0. The summed E-state index contributed by atoms with van der Waals surface area (Å²) in [6.07, 6.45) is 0. The lowest BCUT2D eigenvalue weighted by Crippen LogP contribution is -2.16. The number of hydrogen-bond donors (Lipinski definition) is 0. The van der Waals surface area contributed by atoms with Crippen LogP contribution in [0.5, 0.6) is 0 Å². The zero-order valence-corrected chi connectivity index (χ0v) is 15.6. The predicted octanol–water partition coefficient (Wildman–Crippen LogP) is 5.85. The van der Waals surface area contributed by atoms with Gasteiger partial charge in [0.2, 0.25) is 0 Å². The Morgan fingerprint density at radius 2 is 1.96 bits per heavy atom. The number of alkyl halides is 2. The van der Waals surface area contributed by atoms with Gasteiger partial charge < -0.3 is 9.05 Å². The number of halogens is 3. The van der Waals surface area contributed by atoms with E-state index in [9.17, 15) is 13.3 Å². The number of hydrogen-bond acceptors (Lipinski definition) is 5. The van der Waals surface area contributed by atoms with Crippen molar-refractivity contribution in [2.45, 2.75) is 19.5 Å². The zero-order chi connectivity index (χ0) is 17.3. The Morgan fingerprint density at radius 1 is 1.35 bits per heavy atom. The van der Waals surface area contributed by atoms with Crippen molar-refractivity contribution in [3.63, 3.8) is 0 Å². The highest BCUT2D eigenvalue weighted by Crippen LogP contribution is 2.68. The van der Waals surface area contributed by atoms with Gasteiger partial charge in [-0.3, -0.25) is 4.57 Å². The van der Waals surface area contributed by atoms with E-state index in [4.69, 9.17) is 14.3 Å². The molecule has 2 rings (SSSR count). The molecule has 0 N–H and O–H groups in total. The quantitative estimate of drug-likeness (QED) is 0.546. The van der Waals surface area contributed by atoms with Gasteiger partial charge in [-0.15, -0.1) is 11.3 Å². The highest BCUT2D eigenvalue weighted by Gasteiger charge is 2.55. The molecule has 0 unspecified atom stereocenters. The van der Waals surface area contributed by atoms with Crippen LogP contribution in [0.1, 0.15) is 24.3 Å². The molecule has 0 atom stereocenters. The van der Waals surface area contributed by atoms with Gasteiger partial charge in [0.15, 0.2) is 0 Å². The summed E-state index contributed by atoms with van der Waals surface area (Å²) in [5.41, 5.74) is -3.43. The van der Waals surface area contributed by atoms with Crippen LogP contribution in [0.25, 0.3) is 10.1 Å². The molecule has 124 valence electrons. The van der Waals surface area contributed by atoms with E-state index < -0.39 is 18.1 Å². The fourth-order valence-corrected chi connectivity index (χ4v) is 5.53. The van der Waals surface area contributed by atoms with Gasteiger partial charge in [0, 0.05) is 0 Å². The maximum absolute atomic E-state index is 14.7. The van der Waals surface area contributed by atoms with Crippen molar-refractivity contribution in [2.75, 3.05) is 13.2 Å². The van der Waals surface area contributed by atoms with Crippen LogP contribution in [-0.2, 0) is 19.3 Å². The van der Waals surface area contributed by atoms with Crippen LogP contribution >= 0.6 is 34.9 Å². The Kier molecular flexibility index (Phi) is 5.59. The highest BCUT2D eigenvalue weighted by atomic mass is 79.9. The minimum Gasteiger partial charge on any atom is -0.304 e. The Balaban J connectivity index is 2.60. The molecule has 23 heavy (non-hydrogen) atoms. The number of rotatable bonds is 6. The zero-order valence-electron chi connectivity index (χ0n) is 12.3. The van der Waals surface area contributed by atoms with Gasteiger partial charge in [-0.1, -0.05) is 6.07 Å². The first-order chi connectivity index (χ1) is 10.8. The summed E-state index contributed by atoms with van der Waals surface area (Å²) in [5, 5.41) is 9.53. The molecule has 1 heterocycles. The number of fused-ring (bicyclic) bond motifs is 1. The average Bonchev–Trinajstić information content (AvgIpc) is 2.94. The molecule has 4 nitrogen and oxygen atoms in total.